The first-order valence-corrected chi connectivity index (χ1v) is 12.0. The maximum Gasteiger partial charge on any atom is 0.410 e. The molecule has 3 aliphatic rings. The van der Waals surface area contributed by atoms with E-state index in [9.17, 15) is 9.59 Å². The second kappa shape index (κ2) is 7.75. The van der Waals surface area contributed by atoms with Crippen LogP contribution in [0.1, 0.15) is 51.5 Å². The molecule has 2 bridgehead atoms. The van der Waals surface area contributed by atoms with E-state index < -0.39 is 0 Å². The zero-order chi connectivity index (χ0) is 21.7. The Hall–Kier alpha value is -3.18. The van der Waals surface area contributed by atoms with Gasteiger partial charge in [-0.25, -0.2) is 4.79 Å². The summed E-state index contributed by atoms with van der Waals surface area (Å²) in [6, 6.07) is 19.0. The summed E-state index contributed by atoms with van der Waals surface area (Å²) < 4.78 is 5.94. The van der Waals surface area contributed by atoms with Gasteiger partial charge in [-0.15, -0.1) is 11.3 Å². The Labute approximate surface area is 191 Å². The van der Waals surface area contributed by atoms with Crippen LogP contribution in [0.3, 0.4) is 0 Å². The molecule has 3 aromatic rings. The topological polar surface area (TPSA) is 46.6 Å². The third kappa shape index (κ3) is 3.11. The number of hydrogen-bond donors (Lipinski definition) is 0. The summed E-state index contributed by atoms with van der Waals surface area (Å²) in [4.78, 5) is 26.9. The summed E-state index contributed by atoms with van der Waals surface area (Å²) in [5.74, 6) is 0.0764. The lowest BCUT2D eigenvalue weighted by atomic mass is 9.96. The summed E-state index contributed by atoms with van der Waals surface area (Å²) in [5.41, 5.74) is 7.29. The molecule has 1 aliphatic carbocycles. The molecule has 1 saturated heterocycles. The number of hydrogen-bond acceptors (Lipinski definition) is 4. The van der Waals surface area contributed by atoms with Crippen molar-refractivity contribution in [1.82, 2.24) is 4.90 Å². The Morgan fingerprint density at radius 3 is 2.44 bits per heavy atom. The Bertz CT molecular complexity index is 1200. The minimum atomic E-state index is -0.214. The molecule has 6 rings (SSSR count). The van der Waals surface area contributed by atoms with Gasteiger partial charge in [0.25, 0.3) is 0 Å². The predicted molar refractivity (Wildman–Crippen MR) is 126 cm³/mol. The third-order valence-corrected chi connectivity index (χ3v) is 7.91. The molecule has 1 amide bonds. The molecular formula is C27H23NO3S. The zero-order valence-corrected chi connectivity index (χ0v) is 18.4. The van der Waals surface area contributed by atoms with Crippen molar-refractivity contribution < 1.29 is 14.3 Å². The first kappa shape index (κ1) is 19.5. The minimum absolute atomic E-state index is 0.0685. The summed E-state index contributed by atoms with van der Waals surface area (Å²) in [5, 5.41) is 2.04. The molecule has 1 fully saturated rings. The van der Waals surface area contributed by atoms with E-state index >= 15 is 0 Å². The van der Waals surface area contributed by atoms with Crippen LogP contribution in [0.2, 0.25) is 0 Å². The van der Waals surface area contributed by atoms with Gasteiger partial charge >= 0.3 is 6.09 Å². The first-order chi connectivity index (χ1) is 15.7. The number of benzene rings is 2. The van der Waals surface area contributed by atoms with Gasteiger partial charge in [0.05, 0.1) is 10.9 Å². The molecule has 32 heavy (non-hydrogen) atoms. The number of amides is 1. The smallest absolute Gasteiger partial charge is 0.410 e. The highest BCUT2D eigenvalue weighted by atomic mass is 32.1. The Morgan fingerprint density at radius 2 is 1.78 bits per heavy atom. The van der Waals surface area contributed by atoms with Crippen molar-refractivity contribution in [3.8, 4) is 11.1 Å². The molecule has 0 spiro atoms. The number of rotatable bonds is 4. The van der Waals surface area contributed by atoms with Gasteiger partial charge in [-0.2, -0.15) is 0 Å². The van der Waals surface area contributed by atoms with Gasteiger partial charge < -0.3 is 4.74 Å². The SMILES string of the molecule is O=Cc1cc(C2=CC3CCC(C2)N3C(=O)OCC2c3ccccc3-c3ccccc32)cs1. The first-order valence-electron chi connectivity index (χ1n) is 11.1. The van der Waals surface area contributed by atoms with Crippen LogP contribution in [-0.2, 0) is 4.74 Å². The van der Waals surface area contributed by atoms with Crippen molar-refractivity contribution in [2.75, 3.05) is 6.61 Å². The average molecular weight is 442 g/mol. The fourth-order valence-electron chi connectivity index (χ4n) is 5.58. The molecular weight excluding hydrogens is 418 g/mol. The standard InChI is InChI=1S/C27H23NO3S/c29-14-21-13-18(16-32-21)17-11-19-9-10-20(12-17)28(19)27(30)31-15-26-24-7-3-1-5-22(24)23-6-2-4-8-25(23)26/h1-8,11,13-14,16,19-20,26H,9-10,12,15H2. The number of nitrogens with zero attached hydrogens (tertiary/aromatic N) is 1. The van der Waals surface area contributed by atoms with E-state index in [1.54, 1.807) is 0 Å². The molecule has 0 saturated carbocycles. The van der Waals surface area contributed by atoms with Gasteiger partial charge in [-0.05, 0) is 64.1 Å². The summed E-state index contributed by atoms with van der Waals surface area (Å²) in [7, 11) is 0. The fourth-order valence-corrected chi connectivity index (χ4v) is 6.31. The second-order valence-electron chi connectivity index (χ2n) is 8.76. The van der Waals surface area contributed by atoms with Crippen LogP contribution in [0.5, 0.6) is 0 Å². The Balaban J connectivity index is 1.20. The van der Waals surface area contributed by atoms with Crippen LogP contribution in [-0.4, -0.2) is 36.0 Å². The van der Waals surface area contributed by atoms with Crippen molar-refractivity contribution in [2.45, 2.75) is 37.3 Å². The molecule has 0 radical (unpaired) electrons. The normalized spacial score (nSPS) is 21.1. The Kier molecular flexibility index (Phi) is 4.72. The van der Waals surface area contributed by atoms with Crippen LogP contribution in [0.4, 0.5) is 4.79 Å². The minimum Gasteiger partial charge on any atom is -0.448 e. The molecule has 160 valence electrons. The molecule has 2 aromatic carbocycles. The highest BCUT2D eigenvalue weighted by Gasteiger charge is 2.41. The van der Waals surface area contributed by atoms with Crippen molar-refractivity contribution in [3.05, 3.63) is 87.6 Å². The summed E-state index contributed by atoms with van der Waals surface area (Å²) in [6.45, 7) is 0.354. The quantitative estimate of drug-likeness (QED) is 0.458. The van der Waals surface area contributed by atoms with Gasteiger partial charge in [0.15, 0.2) is 6.29 Å². The number of carbonyl (C=O) groups is 2. The zero-order valence-electron chi connectivity index (χ0n) is 17.6. The molecule has 0 N–H and O–H groups in total. The van der Waals surface area contributed by atoms with E-state index in [1.165, 1.54) is 39.2 Å². The van der Waals surface area contributed by atoms with Gasteiger partial charge in [-0.1, -0.05) is 54.6 Å². The predicted octanol–water partition coefficient (Wildman–Crippen LogP) is 6.13. The number of ether oxygens (including phenoxy) is 1. The van der Waals surface area contributed by atoms with Gasteiger partial charge in [0, 0.05) is 12.0 Å². The van der Waals surface area contributed by atoms with E-state index in [4.69, 9.17) is 4.74 Å². The van der Waals surface area contributed by atoms with E-state index in [-0.39, 0.29) is 24.1 Å². The lowest BCUT2D eigenvalue weighted by molar-refractivity contribution is 0.0866. The number of thiophene rings is 1. The van der Waals surface area contributed by atoms with Crippen LogP contribution in [0.25, 0.3) is 16.7 Å². The van der Waals surface area contributed by atoms with E-state index in [0.717, 1.165) is 36.0 Å². The molecule has 4 nitrogen and oxygen atoms in total. The maximum absolute atomic E-state index is 13.2. The van der Waals surface area contributed by atoms with Crippen LogP contribution in [0.15, 0.2) is 66.1 Å². The van der Waals surface area contributed by atoms with Crippen LogP contribution < -0.4 is 0 Å². The molecule has 2 atom stereocenters. The summed E-state index contributed by atoms with van der Waals surface area (Å²) >= 11 is 1.47. The van der Waals surface area contributed by atoms with E-state index in [2.05, 4.69) is 54.6 Å². The van der Waals surface area contributed by atoms with Crippen LogP contribution >= 0.6 is 11.3 Å². The molecule has 2 aliphatic heterocycles. The number of carbonyl (C=O) groups excluding carboxylic acids is 2. The molecule has 3 heterocycles. The monoisotopic (exact) mass is 441 g/mol. The fraction of sp³-hybridized carbons (Fsp3) is 0.259. The third-order valence-electron chi connectivity index (χ3n) is 7.05. The Morgan fingerprint density at radius 1 is 1.06 bits per heavy atom. The van der Waals surface area contributed by atoms with Gasteiger partial charge in [-0.3, -0.25) is 9.69 Å². The average Bonchev–Trinajstić information content (AvgIpc) is 3.51. The molecule has 1 aromatic heterocycles. The maximum atomic E-state index is 13.2. The van der Waals surface area contributed by atoms with Gasteiger partial charge in [0.1, 0.15) is 6.61 Å². The van der Waals surface area contributed by atoms with Crippen molar-refractivity contribution in [1.29, 1.82) is 0 Å². The highest BCUT2D eigenvalue weighted by molar-refractivity contribution is 7.11. The van der Waals surface area contributed by atoms with Crippen molar-refractivity contribution in [2.24, 2.45) is 0 Å². The van der Waals surface area contributed by atoms with E-state index in [0.29, 0.717) is 6.61 Å². The lowest BCUT2D eigenvalue weighted by Crippen LogP contribution is -2.43. The lowest BCUT2D eigenvalue weighted by Gasteiger charge is -2.33. The largest absolute Gasteiger partial charge is 0.448 e. The highest BCUT2D eigenvalue weighted by Crippen LogP contribution is 2.45. The van der Waals surface area contributed by atoms with Crippen molar-refractivity contribution >= 4 is 29.3 Å². The summed E-state index contributed by atoms with van der Waals surface area (Å²) in [6.07, 6.45) is 5.64. The van der Waals surface area contributed by atoms with Crippen LogP contribution in [0, 0.1) is 0 Å². The number of fused-ring (bicyclic) bond motifs is 5. The number of aldehydes is 1. The molecule has 5 heteroatoms. The van der Waals surface area contributed by atoms with Crippen molar-refractivity contribution in [3.63, 3.8) is 0 Å². The van der Waals surface area contributed by atoms with Gasteiger partial charge in [0.2, 0.25) is 0 Å². The van der Waals surface area contributed by atoms with E-state index in [1.807, 2.05) is 16.3 Å². The molecule has 2 unspecified atom stereocenters. The second-order valence-corrected chi connectivity index (χ2v) is 9.70.